The van der Waals surface area contributed by atoms with Gasteiger partial charge in [-0.25, -0.2) is 4.98 Å². The van der Waals surface area contributed by atoms with Crippen LogP contribution in [0.15, 0.2) is 35.6 Å². The molecule has 0 fully saturated rings. The molecule has 0 saturated heterocycles. The summed E-state index contributed by atoms with van der Waals surface area (Å²) in [5, 5.41) is 8.66. The van der Waals surface area contributed by atoms with Gasteiger partial charge >= 0.3 is 0 Å². The van der Waals surface area contributed by atoms with Gasteiger partial charge in [-0.15, -0.1) is 0 Å². The van der Waals surface area contributed by atoms with Crippen LogP contribution >= 0.6 is 0 Å². The standard InChI is InChI=1S/C11H11N5O2S/c1-16-7-14-10(13)11(16)19(17,18)15-9-4-2-3-8(5-9)6-12/h2-5,7,15H,13H2,1H3. The molecule has 0 spiro atoms. The van der Waals surface area contributed by atoms with Gasteiger partial charge in [-0.05, 0) is 18.2 Å². The van der Waals surface area contributed by atoms with Crippen LogP contribution in [0.4, 0.5) is 11.5 Å². The first-order valence-electron chi connectivity index (χ1n) is 5.24. The van der Waals surface area contributed by atoms with Gasteiger partial charge in [0, 0.05) is 7.05 Å². The molecule has 0 aliphatic rings. The molecule has 0 radical (unpaired) electrons. The Bertz CT molecular complexity index is 738. The van der Waals surface area contributed by atoms with Crippen LogP contribution in [0, 0.1) is 11.3 Å². The average molecular weight is 277 g/mol. The van der Waals surface area contributed by atoms with Gasteiger partial charge in [-0.3, -0.25) is 4.72 Å². The molecule has 1 aromatic carbocycles. The molecule has 0 unspecified atom stereocenters. The van der Waals surface area contributed by atoms with Gasteiger partial charge in [0.15, 0.2) is 10.8 Å². The van der Waals surface area contributed by atoms with Crippen molar-refractivity contribution in [3.8, 4) is 6.07 Å². The highest BCUT2D eigenvalue weighted by atomic mass is 32.2. The zero-order valence-corrected chi connectivity index (χ0v) is 10.8. The highest BCUT2D eigenvalue weighted by molar-refractivity contribution is 7.92. The number of rotatable bonds is 3. The van der Waals surface area contributed by atoms with Crippen LogP contribution in [0.25, 0.3) is 0 Å². The van der Waals surface area contributed by atoms with Crippen molar-refractivity contribution in [1.82, 2.24) is 9.55 Å². The lowest BCUT2D eigenvalue weighted by molar-refractivity contribution is 0.592. The number of hydrogen-bond donors (Lipinski definition) is 2. The maximum atomic E-state index is 12.2. The third-order valence-electron chi connectivity index (χ3n) is 2.41. The van der Waals surface area contributed by atoms with E-state index in [9.17, 15) is 8.42 Å². The summed E-state index contributed by atoms with van der Waals surface area (Å²) in [5.41, 5.74) is 6.18. The summed E-state index contributed by atoms with van der Waals surface area (Å²) in [6.45, 7) is 0. The van der Waals surface area contributed by atoms with Crippen molar-refractivity contribution in [3.63, 3.8) is 0 Å². The van der Waals surface area contributed by atoms with E-state index in [1.807, 2.05) is 6.07 Å². The Morgan fingerprint density at radius 2 is 2.21 bits per heavy atom. The number of nitriles is 1. The molecule has 0 aliphatic heterocycles. The number of nitrogens with zero attached hydrogens (tertiary/aromatic N) is 3. The Morgan fingerprint density at radius 1 is 1.47 bits per heavy atom. The smallest absolute Gasteiger partial charge is 0.281 e. The first kappa shape index (κ1) is 12.9. The molecule has 0 saturated carbocycles. The fraction of sp³-hybridized carbons (Fsp3) is 0.0909. The molecule has 3 N–H and O–H groups in total. The van der Waals surface area contributed by atoms with Crippen LogP contribution in [0.5, 0.6) is 0 Å². The van der Waals surface area contributed by atoms with Crippen LogP contribution in [0.3, 0.4) is 0 Å². The summed E-state index contributed by atoms with van der Waals surface area (Å²) in [6.07, 6.45) is 1.32. The molecule has 1 heterocycles. The third kappa shape index (κ3) is 2.51. The highest BCUT2D eigenvalue weighted by Gasteiger charge is 2.22. The van der Waals surface area contributed by atoms with E-state index in [0.717, 1.165) is 0 Å². The second kappa shape index (κ2) is 4.62. The molecule has 7 nitrogen and oxygen atoms in total. The van der Waals surface area contributed by atoms with Crippen molar-refractivity contribution in [2.24, 2.45) is 7.05 Å². The molecule has 0 bridgehead atoms. The lowest BCUT2D eigenvalue weighted by Gasteiger charge is -2.09. The molecule has 0 amide bonds. The summed E-state index contributed by atoms with van der Waals surface area (Å²) in [6, 6.07) is 8.08. The number of nitrogen functional groups attached to an aromatic ring is 1. The number of anilines is 2. The van der Waals surface area contributed by atoms with Gasteiger partial charge in [-0.1, -0.05) is 6.07 Å². The van der Waals surface area contributed by atoms with E-state index in [-0.39, 0.29) is 10.8 Å². The molecule has 0 aliphatic carbocycles. The van der Waals surface area contributed by atoms with E-state index in [0.29, 0.717) is 11.3 Å². The van der Waals surface area contributed by atoms with Crippen molar-refractivity contribution in [2.75, 3.05) is 10.5 Å². The largest absolute Gasteiger partial charge is 0.381 e. The summed E-state index contributed by atoms with van der Waals surface area (Å²) in [4.78, 5) is 3.73. The Hall–Kier alpha value is -2.53. The normalized spacial score (nSPS) is 10.9. The van der Waals surface area contributed by atoms with Crippen LogP contribution in [0.2, 0.25) is 0 Å². The zero-order chi connectivity index (χ0) is 14.0. The predicted octanol–water partition coefficient (Wildman–Crippen LogP) is 0.675. The molecule has 8 heteroatoms. The third-order valence-corrected chi connectivity index (χ3v) is 3.92. The maximum absolute atomic E-state index is 12.2. The maximum Gasteiger partial charge on any atom is 0.281 e. The minimum absolute atomic E-state index is 0.0774. The topological polar surface area (TPSA) is 114 Å². The van der Waals surface area contributed by atoms with Crippen molar-refractivity contribution in [1.29, 1.82) is 5.26 Å². The Kier molecular flexibility index (Phi) is 3.14. The fourth-order valence-electron chi connectivity index (χ4n) is 1.62. The minimum Gasteiger partial charge on any atom is -0.381 e. The Labute approximate surface area is 110 Å². The van der Waals surface area contributed by atoms with Crippen LogP contribution < -0.4 is 10.5 Å². The number of nitrogens with two attached hydrogens (primary N) is 1. The number of aryl methyl sites for hydroxylation is 1. The molecule has 2 rings (SSSR count). The number of hydrogen-bond acceptors (Lipinski definition) is 5. The van der Waals surface area contributed by atoms with Crippen molar-refractivity contribution in [2.45, 2.75) is 5.03 Å². The van der Waals surface area contributed by atoms with Crippen LogP contribution in [0.1, 0.15) is 5.56 Å². The average Bonchev–Trinajstić information content (AvgIpc) is 2.69. The number of aromatic nitrogens is 2. The van der Waals surface area contributed by atoms with Gasteiger partial charge in [0.25, 0.3) is 10.0 Å². The molecular formula is C11H11N5O2S. The number of imidazole rings is 1. The predicted molar refractivity (Wildman–Crippen MR) is 69.6 cm³/mol. The fourth-order valence-corrected chi connectivity index (χ4v) is 2.91. The summed E-state index contributed by atoms with van der Waals surface area (Å²) < 4.78 is 28.0. The Balaban J connectivity index is 2.40. The monoisotopic (exact) mass is 277 g/mol. The SMILES string of the molecule is Cn1cnc(N)c1S(=O)(=O)Nc1cccc(C#N)c1. The summed E-state index contributed by atoms with van der Waals surface area (Å²) >= 11 is 0. The molecule has 19 heavy (non-hydrogen) atoms. The summed E-state index contributed by atoms with van der Waals surface area (Å²) in [7, 11) is -2.31. The van der Waals surface area contributed by atoms with Gasteiger partial charge in [-0.2, -0.15) is 13.7 Å². The van der Waals surface area contributed by atoms with E-state index < -0.39 is 10.0 Å². The number of sulfonamides is 1. The summed E-state index contributed by atoms with van der Waals surface area (Å²) in [5.74, 6) is -0.0774. The number of benzene rings is 1. The lowest BCUT2D eigenvalue weighted by Crippen LogP contribution is -2.17. The second-order valence-electron chi connectivity index (χ2n) is 3.84. The molecule has 0 atom stereocenters. The van der Waals surface area contributed by atoms with Gasteiger partial charge in [0.2, 0.25) is 0 Å². The molecule has 98 valence electrons. The van der Waals surface area contributed by atoms with E-state index in [4.69, 9.17) is 11.0 Å². The van der Waals surface area contributed by atoms with Crippen molar-refractivity contribution < 1.29 is 8.42 Å². The first-order chi connectivity index (χ1) is 8.94. The second-order valence-corrected chi connectivity index (χ2v) is 5.44. The quantitative estimate of drug-likeness (QED) is 0.856. The molecule has 1 aromatic heterocycles. The lowest BCUT2D eigenvalue weighted by atomic mass is 10.2. The van der Waals surface area contributed by atoms with Crippen LogP contribution in [-0.4, -0.2) is 18.0 Å². The van der Waals surface area contributed by atoms with Crippen molar-refractivity contribution >= 4 is 21.5 Å². The van der Waals surface area contributed by atoms with E-state index in [2.05, 4.69) is 9.71 Å². The number of nitrogens with one attached hydrogen (secondary N) is 1. The van der Waals surface area contributed by atoms with Crippen LogP contribution in [-0.2, 0) is 17.1 Å². The Morgan fingerprint density at radius 3 is 2.79 bits per heavy atom. The molecule has 2 aromatic rings. The van der Waals surface area contributed by atoms with E-state index in [1.165, 1.54) is 24.0 Å². The molecular weight excluding hydrogens is 266 g/mol. The van der Waals surface area contributed by atoms with Gasteiger partial charge < -0.3 is 10.3 Å². The van der Waals surface area contributed by atoms with Gasteiger partial charge in [0.05, 0.1) is 23.6 Å². The van der Waals surface area contributed by atoms with E-state index in [1.54, 1.807) is 18.2 Å². The van der Waals surface area contributed by atoms with E-state index >= 15 is 0 Å². The minimum atomic E-state index is -3.84. The highest BCUT2D eigenvalue weighted by Crippen LogP contribution is 2.20. The van der Waals surface area contributed by atoms with Gasteiger partial charge in [0.1, 0.15) is 0 Å². The first-order valence-corrected chi connectivity index (χ1v) is 6.72. The van der Waals surface area contributed by atoms with Crippen molar-refractivity contribution in [3.05, 3.63) is 36.2 Å². The zero-order valence-electron chi connectivity index (χ0n) is 10.0.